The molecule has 0 fully saturated rings. The molecule has 150 valence electrons. The van der Waals surface area contributed by atoms with Gasteiger partial charge in [0.25, 0.3) is 5.91 Å². The second-order valence-corrected chi connectivity index (χ2v) is 7.88. The van der Waals surface area contributed by atoms with Gasteiger partial charge in [0.15, 0.2) is 0 Å². The van der Waals surface area contributed by atoms with Crippen LogP contribution in [-0.4, -0.2) is 29.5 Å². The minimum atomic E-state index is -0.526. The van der Waals surface area contributed by atoms with Crippen LogP contribution in [0.25, 0.3) is 0 Å². The predicted molar refractivity (Wildman–Crippen MR) is 111 cm³/mol. The zero-order chi connectivity index (χ0) is 20.7. The Morgan fingerprint density at radius 3 is 2.00 bits per heavy atom. The molecular weight excluding hydrogens is 352 g/mol. The van der Waals surface area contributed by atoms with E-state index in [1.165, 1.54) is 5.56 Å². The van der Waals surface area contributed by atoms with E-state index in [9.17, 15) is 9.59 Å². The highest BCUT2D eigenvalue weighted by Crippen LogP contribution is 2.12. The van der Waals surface area contributed by atoms with E-state index >= 15 is 0 Å². The van der Waals surface area contributed by atoms with Gasteiger partial charge >= 0.3 is 6.09 Å². The third-order valence-electron chi connectivity index (χ3n) is 4.23. The van der Waals surface area contributed by atoms with Crippen molar-refractivity contribution in [3.05, 3.63) is 70.8 Å². The van der Waals surface area contributed by atoms with Gasteiger partial charge in [-0.1, -0.05) is 43.3 Å². The van der Waals surface area contributed by atoms with E-state index in [1.807, 2.05) is 32.9 Å². The normalized spacial score (nSPS) is 11.0. The molecule has 0 aliphatic carbocycles. The molecule has 0 radical (unpaired) electrons. The molecular formula is C23H30N2O3. The van der Waals surface area contributed by atoms with Gasteiger partial charge in [0, 0.05) is 25.7 Å². The van der Waals surface area contributed by atoms with Crippen LogP contribution in [0, 0.1) is 0 Å². The number of hydrogen-bond donors (Lipinski definition) is 1. The Labute approximate surface area is 167 Å². The summed E-state index contributed by atoms with van der Waals surface area (Å²) in [6.07, 6.45) is 0.547. The third kappa shape index (κ3) is 6.72. The van der Waals surface area contributed by atoms with Gasteiger partial charge in [-0.25, -0.2) is 4.79 Å². The van der Waals surface area contributed by atoms with Crippen LogP contribution in [0.15, 0.2) is 48.5 Å². The van der Waals surface area contributed by atoms with Crippen molar-refractivity contribution in [1.82, 2.24) is 10.2 Å². The summed E-state index contributed by atoms with van der Waals surface area (Å²) in [5.41, 5.74) is 3.38. The fourth-order valence-corrected chi connectivity index (χ4v) is 2.70. The van der Waals surface area contributed by atoms with Gasteiger partial charge in [0.1, 0.15) is 5.60 Å². The molecule has 5 heteroatoms. The number of carbonyl (C=O) groups is 2. The molecule has 2 rings (SSSR count). The van der Waals surface area contributed by atoms with E-state index in [0.717, 1.165) is 17.5 Å². The first kappa shape index (κ1) is 21.5. The fourth-order valence-electron chi connectivity index (χ4n) is 2.70. The maximum atomic E-state index is 12.6. The molecule has 0 aliphatic rings. The average molecular weight is 383 g/mol. The Hall–Kier alpha value is -2.82. The summed E-state index contributed by atoms with van der Waals surface area (Å²) in [4.78, 5) is 26.1. The Balaban J connectivity index is 1.90. The Kier molecular flexibility index (Phi) is 7.21. The summed E-state index contributed by atoms with van der Waals surface area (Å²) < 4.78 is 5.21. The molecule has 0 heterocycles. The predicted octanol–water partition coefficient (Wildman–Crippen LogP) is 4.55. The minimum absolute atomic E-state index is 0.0359. The fraction of sp³-hybridized carbons (Fsp3) is 0.391. The van der Waals surface area contributed by atoms with Crippen molar-refractivity contribution in [3.8, 4) is 0 Å². The Morgan fingerprint density at radius 2 is 1.46 bits per heavy atom. The van der Waals surface area contributed by atoms with Crippen LogP contribution in [0.1, 0.15) is 54.7 Å². The van der Waals surface area contributed by atoms with Crippen LogP contribution in [0.5, 0.6) is 0 Å². The molecule has 0 spiro atoms. The van der Waals surface area contributed by atoms with Crippen LogP contribution in [0.2, 0.25) is 0 Å². The van der Waals surface area contributed by atoms with Crippen LogP contribution in [0.4, 0.5) is 4.79 Å². The number of nitrogens with zero attached hydrogens (tertiary/aromatic N) is 1. The lowest BCUT2D eigenvalue weighted by Crippen LogP contribution is -2.32. The van der Waals surface area contributed by atoms with Gasteiger partial charge in [-0.15, -0.1) is 0 Å². The number of aryl methyl sites for hydroxylation is 1. The van der Waals surface area contributed by atoms with E-state index in [1.54, 1.807) is 24.1 Å². The van der Waals surface area contributed by atoms with Gasteiger partial charge in [-0.3, -0.25) is 4.79 Å². The highest BCUT2D eigenvalue weighted by Gasteiger charge is 2.16. The Bertz CT molecular complexity index is 790. The Morgan fingerprint density at radius 1 is 0.929 bits per heavy atom. The third-order valence-corrected chi connectivity index (χ3v) is 4.23. The monoisotopic (exact) mass is 382 g/mol. The summed E-state index contributed by atoms with van der Waals surface area (Å²) in [7, 11) is 1.80. The summed E-state index contributed by atoms with van der Waals surface area (Å²) in [6, 6.07) is 15.6. The standard InChI is InChI=1S/C23H30N2O3/c1-6-17-7-9-19(10-8-17)16-25(5)21(26)20-13-11-18(12-14-20)15-24-22(27)28-23(2,3)4/h7-14H,6,15-16H2,1-5H3,(H,24,27). The van der Waals surface area contributed by atoms with Gasteiger partial charge in [0.05, 0.1) is 0 Å². The summed E-state index contributed by atoms with van der Waals surface area (Å²) in [5, 5.41) is 2.71. The van der Waals surface area contributed by atoms with E-state index in [-0.39, 0.29) is 5.91 Å². The molecule has 2 amide bonds. The number of alkyl carbamates (subject to hydrolysis) is 1. The van der Waals surface area contributed by atoms with Crippen molar-refractivity contribution in [1.29, 1.82) is 0 Å². The van der Waals surface area contributed by atoms with Crippen LogP contribution < -0.4 is 5.32 Å². The first-order valence-electron chi connectivity index (χ1n) is 9.57. The van der Waals surface area contributed by atoms with Crippen molar-refractivity contribution in [2.24, 2.45) is 0 Å². The zero-order valence-electron chi connectivity index (χ0n) is 17.4. The molecule has 0 bridgehead atoms. The highest BCUT2D eigenvalue weighted by atomic mass is 16.6. The summed E-state index contributed by atoms with van der Waals surface area (Å²) in [6.45, 7) is 8.50. The molecule has 1 N–H and O–H groups in total. The van der Waals surface area contributed by atoms with Crippen molar-refractivity contribution >= 4 is 12.0 Å². The second-order valence-electron chi connectivity index (χ2n) is 7.88. The molecule has 0 atom stereocenters. The zero-order valence-corrected chi connectivity index (χ0v) is 17.4. The second kappa shape index (κ2) is 9.40. The van der Waals surface area contributed by atoms with Crippen molar-refractivity contribution < 1.29 is 14.3 Å². The van der Waals surface area contributed by atoms with Crippen LogP contribution in [0.3, 0.4) is 0 Å². The number of rotatable bonds is 6. The molecule has 2 aromatic carbocycles. The minimum Gasteiger partial charge on any atom is -0.444 e. The van der Waals surface area contributed by atoms with E-state index in [2.05, 4.69) is 36.5 Å². The molecule has 5 nitrogen and oxygen atoms in total. The first-order chi connectivity index (χ1) is 13.2. The highest BCUT2D eigenvalue weighted by molar-refractivity contribution is 5.94. The maximum Gasteiger partial charge on any atom is 0.407 e. The van der Waals surface area contributed by atoms with Gasteiger partial charge < -0.3 is 15.0 Å². The van der Waals surface area contributed by atoms with Gasteiger partial charge in [-0.05, 0) is 56.0 Å². The largest absolute Gasteiger partial charge is 0.444 e. The van der Waals surface area contributed by atoms with Gasteiger partial charge in [0.2, 0.25) is 0 Å². The van der Waals surface area contributed by atoms with E-state index in [4.69, 9.17) is 4.74 Å². The van der Waals surface area contributed by atoms with Crippen molar-refractivity contribution in [3.63, 3.8) is 0 Å². The SMILES string of the molecule is CCc1ccc(CN(C)C(=O)c2ccc(CNC(=O)OC(C)(C)C)cc2)cc1. The maximum absolute atomic E-state index is 12.6. The molecule has 0 aromatic heterocycles. The average Bonchev–Trinajstić information content (AvgIpc) is 2.65. The lowest BCUT2D eigenvalue weighted by atomic mass is 10.1. The summed E-state index contributed by atoms with van der Waals surface area (Å²) in [5.74, 6) is -0.0359. The van der Waals surface area contributed by atoms with E-state index < -0.39 is 11.7 Å². The van der Waals surface area contributed by atoms with Crippen LogP contribution in [-0.2, 0) is 24.2 Å². The number of ether oxygens (including phenoxy) is 1. The van der Waals surface area contributed by atoms with E-state index in [0.29, 0.717) is 18.7 Å². The first-order valence-corrected chi connectivity index (χ1v) is 9.57. The number of amides is 2. The molecule has 0 unspecified atom stereocenters. The van der Waals surface area contributed by atoms with Crippen molar-refractivity contribution in [2.45, 2.75) is 52.8 Å². The lowest BCUT2D eigenvalue weighted by Gasteiger charge is -2.20. The molecule has 0 aliphatic heterocycles. The molecule has 2 aromatic rings. The smallest absolute Gasteiger partial charge is 0.407 e. The number of hydrogen-bond acceptors (Lipinski definition) is 3. The molecule has 0 saturated carbocycles. The summed E-state index contributed by atoms with van der Waals surface area (Å²) >= 11 is 0. The van der Waals surface area contributed by atoms with Crippen molar-refractivity contribution in [2.75, 3.05) is 7.05 Å². The molecule has 0 saturated heterocycles. The molecule has 28 heavy (non-hydrogen) atoms. The van der Waals surface area contributed by atoms with Gasteiger partial charge in [-0.2, -0.15) is 0 Å². The topological polar surface area (TPSA) is 58.6 Å². The number of carbonyl (C=O) groups excluding carboxylic acids is 2. The number of benzene rings is 2. The lowest BCUT2D eigenvalue weighted by molar-refractivity contribution is 0.0523. The van der Waals surface area contributed by atoms with Crippen LogP contribution >= 0.6 is 0 Å². The number of nitrogens with one attached hydrogen (secondary N) is 1. The quantitative estimate of drug-likeness (QED) is 0.798.